The summed E-state index contributed by atoms with van der Waals surface area (Å²) < 4.78 is 6.14. The smallest absolute Gasteiger partial charge is 0.0950 e. The molecule has 2 aliphatic rings. The Labute approximate surface area is 120 Å². The molecule has 1 aliphatic heterocycles. The molecule has 1 aromatic carbocycles. The maximum Gasteiger partial charge on any atom is 0.0950 e. The molecule has 0 radical (unpaired) electrons. The quantitative estimate of drug-likeness (QED) is 0.840. The zero-order valence-corrected chi connectivity index (χ0v) is 12.2. The molecule has 1 heterocycles. The first kappa shape index (κ1) is 13.4. The van der Waals surface area contributed by atoms with Crippen LogP contribution in [0.4, 0.5) is 0 Å². The van der Waals surface area contributed by atoms with Crippen LogP contribution in [0, 0.1) is 5.92 Å². The van der Waals surface area contributed by atoms with Gasteiger partial charge in [-0.25, -0.2) is 0 Å². The number of benzene rings is 1. The largest absolute Gasteiger partial charge is 0.370 e. The second kappa shape index (κ2) is 5.43. The molecule has 3 heteroatoms. The Balaban J connectivity index is 1.64. The van der Waals surface area contributed by atoms with E-state index in [1.165, 1.54) is 31.2 Å². The summed E-state index contributed by atoms with van der Waals surface area (Å²) in [5.74, 6) is 0.817. The van der Waals surface area contributed by atoms with E-state index >= 15 is 0 Å². The second-order valence-corrected chi connectivity index (χ2v) is 6.65. The van der Waals surface area contributed by atoms with E-state index in [1.807, 2.05) is 12.1 Å². The van der Waals surface area contributed by atoms with E-state index in [0.717, 1.165) is 24.1 Å². The van der Waals surface area contributed by atoms with Crippen LogP contribution in [0.5, 0.6) is 0 Å². The van der Waals surface area contributed by atoms with Gasteiger partial charge in [0.05, 0.1) is 12.7 Å². The van der Waals surface area contributed by atoms with Gasteiger partial charge in [-0.05, 0) is 36.5 Å². The van der Waals surface area contributed by atoms with E-state index in [9.17, 15) is 0 Å². The zero-order chi connectivity index (χ0) is 13.3. The van der Waals surface area contributed by atoms with Crippen LogP contribution >= 0.6 is 11.6 Å². The molecule has 0 bridgehead atoms. The highest BCUT2D eigenvalue weighted by Gasteiger charge is 2.39. The monoisotopic (exact) mass is 279 g/mol. The lowest BCUT2D eigenvalue weighted by atomic mass is 9.76. The number of nitrogens with one attached hydrogen (secondary N) is 1. The van der Waals surface area contributed by atoms with E-state index in [4.69, 9.17) is 16.3 Å². The fraction of sp³-hybridized carbons (Fsp3) is 0.625. The third kappa shape index (κ3) is 2.96. The Bertz CT molecular complexity index is 423. The van der Waals surface area contributed by atoms with Crippen LogP contribution in [0.3, 0.4) is 0 Å². The van der Waals surface area contributed by atoms with Crippen molar-refractivity contribution in [1.29, 1.82) is 0 Å². The van der Waals surface area contributed by atoms with Crippen molar-refractivity contribution in [2.24, 2.45) is 5.92 Å². The standard InChI is InChI=1S/C16H22ClNO/c1-12-3-2-8-16(9-12)11-19-15(10-18-16)13-4-6-14(17)7-5-13/h4-7,12,15,18H,2-3,8-11H2,1H3. The Morgan fingerprint density at radius 1 is 1.32 bits per heavy atom. The van der Waals surface area contributed by atoms with Crippen LogP contribution in [0.15, 0.2) is 24.3 Å². The lowest BCUT2D eigenvalue weighted by Crippen LogP contribution is -2.56. The van der Waals surface area contributed by atoms with Gasteiger partial charge >= 0.3 is 0 Å². The van der Waals surface area contributed by atoms with Crippen molar-refractivity contribution in [1.82, 2.24) is 5.32 Å². The molecule has 104 valence electrons. The first-order valence-electron chi connectivity index (χ1n) is 7.29. The summed E-state index contributed by atoms with van der Waals surface area (Å²) in [6.07, 6.45) is 5.36. The van der Waals surface area contributed by atoms with Gasteiger partial charge in [-0.15, -0.1) is 0 Å². The molecule has 3 unspecified atom stereocenters. The van der Waals surface area contributed by atoms with Gasteiger partial charge < -0.3 is 10.1 Å². The first-order chi connectivity index (χ1) is 9.17. The molecular formula is C16H22ClNO. The molecule has 1 saturated carbocycles. The molecule has 1 aromatic rings. The normalized spacial score (nSPS) is 35.5. The minimum atomic E-state index is 0.167. The van der Waals surface area contributed by atoms with E-state index in [-0.39, 0.29) is 11.6 Å². The van der Waals surface area contributed by atoms with Gasteiger partial charge in [0, 0.05) is 17.1 Å². The molecule has 1 saturated heterocycles. The van der Waals surface area contributed by atoms with Gasteiger partial charge in [-0.3, -0.25) is 0 Å². The minimum Gasteiger partial charge on any atom is -0.370 e. The van der Waals surface area contributed by atoms with Gasteiger partial charge in [0.2, 0.25) is 0 Å². The minimum absolute atomic E-state index is 0.167. The summed E-state index contributed by atoms with van der Waals surface area (Å²) in [6, 6.07) is 8.01. The van der Waals surface area contributed by atoms with Crippen LogP contribution in [0.1, 0.15) is 44.3 Å². The van der Waals surface area contributed by atoms with E-state index in [0.29, 0.717) is 0 Å². The molecule has 19 heavy (non-hydrogen) atoms. The van der Waals surface area contributed by atoms with Gasteiger partial charge in [-0.2, -0.15) is 0 Å². The van der Waals surface area contributed by atoms with Crippen molar-refractivity contribution in [3.05, 3.63) is 34.9 Å². The summed E-state index contributed by atoms with van der Waals surface area (Å²) in [4.78, 5) is 0. The second-order valence-electron chi connectivity index (χ2n) is 6.21. The van der Waals surface area contributed by atoms with Crippen molar-refractivity contribution in [2.75, 3.05) is 13.2 Å². The molecule has 2 fully saturated rings. The summed E-state index contributed by atoms with van der Waals surface area (Å²) >= 11 is 5.93. The summed E-state index contributed by atoms with van der Waals surface area (Å²) in [5, 5.41) is 4.55. The molecule has 2 nitrogen and oxygen atoms in total. The number of hydrogen-bond donors (Lipinski definition) is 1. The highest BCUT2D eigenvalue weighted by atomic mass is 35.5. The van der Waals surface area contributed by atoms with E-state index < -0.39 is 0 Å². The molecule has 0 aromatic heterocycles. The number of rotatable bonds is 1. The molecule has 1 N–H and O–H groups in total. The Morgan fingerprint density at radius 3 is 2.74 bits per heavy atom. The van der Waals surface area contributed by atoms with Crippen molar-refractivity contribution in [3.8, 4) is 0 Å². The fourth-order valence-corrected chi connectivity index (χ4v) is 3.65. The topological polar surface area (TPSA) is 21.3 Å². The third-order valence-corrected chi connectivity index (χ3v) is 4.81. The SMILES string of the molecule is CC1CCCC2(COC(c3ccc(Cl)cc3)CN2)C1. The third-order valence-electron chi connectivity index (χ3n) is 4.56. The van der Waals surface area contributed by atoms with Gasteiger partial charge in [-0.1, -0.05) is 43.5 Å². The van der Waals surface area contributed by atoms with Crippen LogP contribution in [-0.2, 0) is 4.74 Å². The summed E-state index contributed by atoms with van der Waals surface area (Å²) in [7, 11) is 0. The van der Waals surface area contributed by atoms with Crippen molar-refractivity contribution in [2.45, 2.75) is 44.2 Å². The lowest BCUT2D eigenvalue weighted by Gasteiger charge is -2.45. The lowest BCUT2D eigenvalue weighted by molar-refractivity contribution is -0.0527. The number of hydrogen-bond acceptors (Lipinski definition) is 2. The molecule has 3 rings (SSSR count). The van der Waals surface area contributed by atoms with Gasteiger partial charge in [0.1, 0.15) is 0 Å². The van der Waals surface area contributed by atoms with Crippen LogP contribution in [0.2, 0.25) is 5.02 Å². The highest BCUT2D eigenvalue weighted by Crippen LogP contribution is 2.36. The molecule has 3 atom stereocenters. The number of halogens is 1. The fourth-order valence-electron chi connectivity index (χ4n) is 3.52. The summed E-state index contributed by atoms with van der Waals surface area (Å²) in [5.41, 5.74) is 1.45. The first-order valence-corrected chi connectivity index (χ1v) is 7.67. The average Bonchev–Trinajstić information content (AvgIpc) is 2.41. The number of morpholine rings is 1. The van der Waals surface area contributed by atoms with E-state index in [1.54, 1.807) is 0 Å². The van der Waals surface area contributed by atoms with Crippen molar-refractivity contribution >= 4 is 11.6 Å². The highest BCUT2D eigenvalue weighted by molar-refractivity contribution is 6.30. The Morgan fingerprint density at radius 2 is 2.11 bits per heavy atom. The molecule has 1 aliphatic carbocycles. The van der Waals surface area contributed by atoms with Gasteiger partial charge in [0.25, 0.3) is 0 Å². The van der Waals surface area contributed by atoms with Crippen molar-refractivity contribution < 1.29 is 4.74 Å². The summed E-state index contributed by atoms with van der Waals surface area (Å²) in [6.45, 7) is 4.10. The maximum absolute atomic E-state index is 6.14. The Kier molecular flexibility index (Phi) is 3.84. The molecule has 1 spiro atoms. The van der Waals surface area contributed by atoms with Crippen molar-refractivity contribution in [3.63, 3.8) is 0 Å². The molecular weight excluding hydrogens is 258 g/mol. The van der Waals surface area contributed by atoms with Crippen LogP contribution in [-0.4, -0.2) is 18.7 Å². The zero-order valence-electron chi connectivity index (χ0n) is 11.5. The van der Waals surface area contributed by atoms with Crippen LogP contribution < -0.4 is 5.32 Å². The average molecular weight is 280 g/mol. The Hall–Kier alpha value is -0.570. The van der Waals surface area contributed by atoms with Gasteiger partial charge in [0.15, 0.2) is 0 Å². The van der Waals surface area contributed by atoms with Crippen LogP contribution in [0.25, 0.3) is 0 Å². The number of ether oxygens (including phenoxy) is 1. The predicted octanol–water partition coefficient (Wildman–Crippen LogP) is 3.95. The molecule has 0 amide bonds. The van der Waals surface area contributed by atoms with E-state index in [2.05, 4.69) is 24.4 Å². The predicted molar refractivity (Wildman–Crippen MR) is 78.5 cm³/mol. The maximum atomic E-state index is 6.14.